The Balaban J connectivity index is 1.47. The highest BCUT2D eigenvalue weighted by atomic mass is 33.1. The van der Waals surface area contributed by atoms with Crippen LogP contribution in [0.4, 0.5) is 0 Å². The number of carbonyl (C=O) groups is 1. The minimum Gasteiger partial charge on any atom is -0.390 e. The Morgan fingerprint density at radius 3 is 2.43 bits per heavy atom. The van der Waals surface area contributed by atoms with E-state index < -0.39 is 14.8 Å². The quantitative estimate of drug-likeness (QED) is 0.515. The highest BCUT2D eigenvalue weighted by Crippen LogP contribution is 2.64. The zero-order valence-corrected chi connectivity index (χ0v) is 18.6. The minimum atomic E-state index is -4.16. The maximum atomic E-state index is 12.8. The number of ketones is 1. The van der Waals surface area contributed by atoms with Crippen molar-refractivity contribution in [2.75, 3.05) is 5.75 Å². The third-order valence-electron chi connectivity index (χ3n) is 8.98. The van der Waals surface area contributed by atoms with Crippen LogP contribution in [-0.4, -0.2) is 35.2 Å². The van der Waals surface area contributed by atoms with Crippen molar-refractivity contribution in [2.45, 2.75) is 77.2 Å². The van der Waals surface area contributed by atoms with Crippen LogP contribution in [-0.2, 0) is 13.9 Å². The van der Waals surface area contributed by atoms with Crippen molar-refractivity contribution in [3.8, 4) is 0 Å². The fourth-order valence-electron chi connectivity index (χ4n) is 7.84. The molecule has 0 radical (unpaired) electrons. The summed E-state index contributed by atoms with van der Waals surface area (Å²) < 4.78 is 31.0. The summed E-state index contributed by atoms with van der Waals surface area (Å²) in [6, 6.07) is 0. The first-order valence-electron chi connectivity index (χ1n) is 10.9. The topological polar surface area (TPSA) is 91.7 Å². The van der Waals surface area contributed by atoms with Crippen LogP contribution in [0.2, 0.25) is 0 Å². The molecule has 8 atom stereocenters. The smallest absolute Gasteiger partial charge is 0.320 e. The van der Waals surface area contributed by atoms with Gasteiger partial charge in [-0.3, -0.25) is 9.35 Å². The molecule has 4 fully saturated rings. The molecule has 5 nitrogen and oxygen atoms in total. The molecule has 7 heteroatoms. The number of hydrogen-bond acceptors (Lipinski definition) is 5. The molecule has 2 N–H and O–H groups in total. The Morgan fingerprint density at radius 2 is 1.71 bits per heavy atom. The molecular formula is C21H34O5S2. The number of aliphatic hydroxyl groups is 1. The van der Waals surface area contributed by atoms with Crippen LogP contribution in [0.1, 0.15) is 71.6 Å². The molecule has 0 aromatic carbocycles. The standard InChI is InChI=1S/C21H34O5S2/c1-20(23)9-7-14-13(11-20)3-4-16-15(14)8-10-21(2)17(16)5-6-18(21)19(22)12-27-28(24,25)26/h13-18,23H,3-12H2,1-2H3,(H,24,25,26)/t13?,14?,15?,16?,17?,18-,20+,21?/m1/s1. The second kappa shape index (κ2) is 7.24. The van der Waals surface area contributed by atoms with Crippen LogP contribution in [0.5, 0.6) is 0 Å². The van der Waals surface area contributed by atoms with E-state index in [1.165, 1.54) is 12.8 Å². The molecule has 0 aromatic heterocycles. The van der Waals surface area contributed by atoms with Crippen LogP contribution in [0.15, 0.2) is 0 Å². The fraction of sp³-hybridized carbons (Fsp3) is 0.952. The molecule has 4 rings (SSSR count). The highest BCUT2D eigenvalue weighted by molar-refractivity contribution is 8.70. The van der Waals surface area contributed by atoms with E-state index in [1.54, 1.807) is 0 Å². The lowest BCUT2D eigenvalue weighted by molar-refractivity contribution is -0.129. The summed E-state index contributed by atoms with van der Waals surface area (Å²) in [5.74, 6) is 3.13. The SMILES string of the molecule is CC12CCC3C4CC[C@](C)(O)CC4CCC3C1CC[C@@H]2C(=O)CSS(=O)(=O)O. The van der Waals surface area contributed by atoms with Gasteiger partial charge in [-0.1, -0.05) is 6.92 Å². The molecule has 28 heavy (non-hydrogen) atoms. The van der Waals surface area contributed by atoms with E-state index in [1.807, 2.05) is 6.92 Å². The monoisotopic (exact) mass is 430 g/mol. The van der Waals surface area contributed by atoms with Crippen LogP contribution >= 0.6 is 10.8 Å². The Bertz CT molecular complexity index is 733. The predicted octanol–water partition coefficient (Wildman–Crippen LogP) is 4.11. The zero-order chi connectivity index (χ0) is 20.3. The van der Waals surface area contributed by atoms with Gasteiger partial charge in [-0.05, 0) is 99.7 Å². The second-order valence-electron chi connectivity index (χ2n) is 10.5. The number of hydrogen-bond donors (Lipinski definition) is 2. The van der Waals surface area contributed by atoms with Gasteiger partial charge in [0.1, 0.15) is 5.78 Å². The molecule has 160 valence electrons. The maximum absolute atomic E-state index is 12.8. The van der Waals surface area contributed by atoms with Gasteiger partial charge in [0.2, 0.25) is 0 Å². The van der Waals surface area contributed by atoms with Crippen molar-refractivity contribution < 1.29 is 22.9 Å². The molecule has 0 spiro atoms. The molecule has 0 aromatic rings. The first-order chi connectivity index (χ1) is 13.0. The lowest BCUT2D eigenvalue weighted by atomic mass is 9.49. The minimum absolute atomic E-state index is 0.00604. The third-order valence-corrected chi connectivity index (χ3v) is 10.9. The maximum Gasteiger partial charge on any atom is 0.320 e. The number of carbonyl (C=O) groups excluding carboxylic acids is 1. The van der Waals surface area contributed by atoms with Gasteiger partial charge in [-0.25, -0.2) is 0 Å². The van der Waals surface area contributed by atoms with Crippen LogP contribution in [0.25, 0.3) is 0 Å². The van der Waals surface area contributed by atoms with Crippen LogP contribution in [0.3, 0.4) is 0 Å². The fourth-order valence-corrected chi connectivity index (χ4v) is 9.11. The van der Waals surface area contributed by atoms with E-state index in [9.17, 15) is 18.3 Å². The van der Waals surface area contributed by atoms with E-state index >= 15 is 0 Å². The van der Waals surface area contributed by atoms with E-state index in [-0.39, 0.29) is 22.9 Å². The molecule has 0 amide bonds. The van der Waals surface area contributed by atoms with Crippen molar-refractivity contribution >= 4 is 25.7 Å². The van der Waals surface area contributed by atoms with Gasteiger partial charge >= 0.3 is 9.15 Å². The van der Waals surface area contributed by atoms with Crippen molar-refractivity contribution in [1.82, 2.24) is 0 Å². The number of rotatable bonds is 4. The first-order valence-corrected chi connectivity index (χ1v) is 13.8. The largest absolute Gasteiger partial charge is 0.390 e. The molecule has 0 aliphatic heterocycles. The summed E-state index contributed by atoms with van der Waals surface area (Å²) in [4.78, 5) is 12.8. The molecular weight excluding hydrogens is 396 g/mol. The summed E-state index contributed by atoms with van der Waals surface area (Å²) in [7, 11) is -3.81. The van der Waals surface area contributed by atoms with Gasteiger partial charge in [-0.2, -0.15) is 8.42 Å². The van der Waals surface area contributed by atoms with Crippen molar-refractivity contribution in [3.05, 3.63) is 0 Å². The second-order valence-corrected chi connectivity index (χ2v) is 13.9. The Hall–Kier alpha value is -0.110. The van der Waals surface area contributed by atoms with Gasteiger partial charge in [-0.15, -0.1) is 0 Å². The Kier molecular flexibility index (Phi) is 5.47. The van der Waals surface area contributed by atoms with Gasteiger partial charge in [0.05, 0.1) is 11.4 Å². The zero-order valence-electron chi connectivity index (χ0n) is 17.0. The number of fused-ring (bicyclic) bond motifs is 5. The summed E-state index contributed by atoms with van der Waals surface area (Å²) in [6.45, 7) is 4.25. The van der Waals surface area contributed by atoms with Crippen LogP contribution < -0.4 is 0 Å². The van der Waals surface area contributed by atoms with E-state index in [0.29, 0.717) is 28.5 Å². The van der Waals surface area contributed by atoms with E-state index in [2.05, 4.69) is 6.92 Å². The summed E-state index contributed by atoms with van der Waals surface area (Å²) in [6.07, 6.45) is 9.54. The molecule has 4 aliphatic carbocycles. The lowest BCUT2D eigenvalue weighted by Crippen LogP contribution is -2.51. The average molecular weight is 431 g/mol. The van der Waals surface area contributed by atoms with Gasteiger partial charge in [0.15, 0.2) is 0 Å². The van der Waals surface area contributed by atoms with Gasteiger partial charge in [0, 0.05) is 16.7 Å². The van der Waals surface area contributed by atoms with Crippen LogP contribution in [0, 0.1) is 40.9 Å². The Labute approximate surface area is 172 Å². The third kappa shape index (κ3) is 3.81. The number of Topliss-reactive ketones (excluding diaryl/α,β-unsaturated/α-hetero) is 1. The van der Waals surface area contributed by atoms with E-state index in [0.717, 1.165) is 56.8 Å². The summed E-state index contributed by atoms with van der Waals surface area (Å²) >= 11 is 0. The molecule has 0 bridgehead atoms. The summed E-state index contributed by atoms with van der Waals surface area (Å²) in [5.41, 5.74) is -0.516. The Morgan fingerprint density at radius 1 is 1.00 bits per heavy atom. The normalized spacial score (nSPS) is 48.4. The highest BCUT2D eigenvalue weighted by Gasteiger charge is 2.58. The molecule has 6 unspecified atom stereocenters. The first kappa shape index (κ1) is 21.1. The van der Waals surface area contributed by atoms with Crippen molar-refractivity contribution in [3.63, 3.8) is 0 Å². The summed E-state index contributed by atoms with van der Waals surface area (Å²) in [5, 5.41) is 10.5. The van der Waals surface area contributed by atoms with Gasteiger partial charge < -0.3 is 5.11 Å². The van der Waals surface area contributed by atoms with E-state index in [4.69, 9.17) is 4.55 Å². The van der Waals surface area contributed by atoms with Crippen molar-refractivity contribution in [2.24, 2.45) is 40.9 Å². The van der Waals surface area contributed by atoms with Gasteiger partial charge in [0.25, 0.3) is 0 Å². The molecule has 0 heterocycles. The lowest BCUT2D eigenvalue weighted by Gasteiger charge is -2.56. The average Bonchev–Trinajstić information content (AvgIpc) is 2.95. The molecule has 0 saturated heterocycles. The molecule has 4 saturated carbocycles. The predicted molar refractivity (Wildman–Crippen MR) is 110 cm³/mol. The van der Waals surface area contributed by atoms with Crippen molar-refractivity contribution in [1.29, 1.82) is 0 Å². The molecule has 4 aliphatic rings.